The van der Waals surface area contributed by atoms with E-state index < -0.39 is 0 Å². The largest absolute Gasteiger partial charge is 0.461 e. The summed E-state index contributed by atoms with van der Waals surface area (Å²) >= 11 is 0. The van der Waals surface area contributed by atoms with Crippen LogP contribution in [0.25, 0.3) is 0 Å². The SMILES string of the molecule is CCCCCCCCC[C@@H]1OC(=O)CC(=O)[C@@H]1C. The third-order valence-corrected chi connectivity index (χ3v) is 3.76. The molecule has 0 aromatic carbocycles. The Morgan fingerprint density at radius 3 is 2.33 bits per heavy atom. The van der Waals surface area contributed by atoms with Gasteiger partial charge in [-0.3, -0.25) is 9.59 Å². The van der Waals surface area contributed by atoms with Gasteiger partial charge in [-0.1, -0.05) is 52.4 Å². The Hall–Kier alpha value is -0.860. The van der Waals surface area contributed by atoms with E-state index in [1.54, 1.807) is 0 Å². The molecule has 0 amide bonds. The van der Waals surface area contributed by atoms with Crippen LogP contribution < -0.4 is 0 Å². The predicted octanol–water partition coefficient (Wildman–Crippen LogP) is 3.65. The Morgan fingerprint density at radius 2 is 1.67 bits per heavy atom. The lowest BCUT2D eigenvalue weighted by atomic mass is 9.91. The van der Waals surface area contributed by atoms with Gasteiger partial charge in [-0.25, -0.2) is 0 Å². The van der Waals surface area contributed by atoms with E-state index in [0.29, 0.717) is 0 Å². The average Bonchev–Trinajstić information content (AvgIpc) is 2.33. The molecular weight excluding hydrogens is 228 g/mol. The van der Waals surface area contributed by atoms with Crippen molar-refractivity contribution in [3.63, 3.8) is 0 Å². The summed E-state index contributed by atoms with van der Waals surface area (Å²) in [5.74, 6) is -0.409. The molecule has 0 unspecified atom stereocenters. The quantitative estimate of drug-likeness (QED) is 0.377. The summed E-state index contributed by atoms with van der Waals surface area (Å²) in [5, 5.41) is 0. The molecule has 3 nitrogen and oxygen atoms in total. The topological polar surface area (TPSA) is 43.4 Å². The molecular formula is C15H26O3. The van der Waals surface area contributed by atoms with E-state index in [-0.39, 0.29) is 30.2 Å². The highest BCUT2D eigenvalue weighted by molar-refractivity contribution is 5.98. The van der Waals surface area contributed by atoms with Crippen LogP contribution in [-0.4, -0.2) is 17.9 Å². The smallest absolute Gasteiger partial charge is 0.313 e. The van der Waals surface area contributed by atoms with Gasteiger partial charge in [0.15, 0.2) is 0 Å². The Balaban J connectivity index is 2.10. The second kappa shape index (κ2) is 8.28. The number of carbonyl (C=O) groups excluding carboxylic acids is 2. The molecule has 1 saturated heterocycles. The molecule has 1 heterocycles. The zero-order chi connectivity index (χ0) is 13.4. The van der Waals surface area contributed by atoms with Crippen LogP contribution in [0.1, 0.15) is 71.6 Å². The molecule has 3 heteroatoms. The van der Waals surface area contributed by atoms with Crippen LogP contribution in [0.5, 0.6) is 0 Å². The molecule has 1 aliphatic heterocycles. The molecule has 2 atom stereocenters. The third-order valence-electron chi connectivity index (χ3n) is 3.76. The molecule has 104 valence electrons. The molecule has 0 bridgehead atoms. The first kappa shape index (κ1) is 15.2. The molecule has 1 aliphatic rings. The van der Waals surface area contributed by atoms with Gasteiger partial charge in [-0.05, 0) is 12.8 Å². The highest BCUT2D eigenvalue weighted by Crippen LogP contribution is 2.23. The monoisotopic (exact) mass is 254 g/mol. The molecule has 0 aromatic heterocycles. The van der Waals surface area contributed by atoms with Crippen molar-refractivity contribution in [2.45, 2.75) is 77.7 Å². The molecule has 0 radical (unpaired) electrons. The standard InChI is InChI=1S/C15H26O3/c1-3-4-5-6-7-8-9-10-14-12(2)13(16)11-15(17)18-14/h12,14H,3-11H2,1-2H3/t12-,14-/m0/s1. The van der Waals surface area contributed by atoms with Crippen molar-refractivity contribution in [1.29, 1.82) is 0 Å². The molecule has 1 rings (SSSR count). The van der Waals surface area contributed by atoms with Crippen LogP contribution in [-0.2, 0) is 14.3 Å². The maximum Gasteiger partial charge on any atom is 0.313 e. The van der Waals surface area contributed by atoms with E-state index in [0.717, 1.165) is 12.8 Å². The fraction of sp³-hybridized carbons (Fsp3) is 0.867. The lowest BCUT2D eigenvalue weighted by Gasteiger charge is -2.27. The Bertz CT molecular complexity index is 273. The van der Waals surface area contributed by atoms with E-state index in [1.807, 2.05) is 6.92 Å². The van der Waals surface area contributed by atoms with Gasteiger partial charge in [0, 0.05) is 0 Å². The van der Waals surface area contributed by atoms with Crippen molar-refractivity contribution < 1.29 is 14.3 Å². The highest BCUT2D eigenvalue weighted by atomic mass is 16.5. The maximum absolute atomic E-state index is 11.5. The third kappa shape index (κ3) is 5.19. The summed E-state index contributed by atoms with van der Waals surface area (Å²) in [6.45, 7) is 4.09. The molecule has 1 fully saturated rings. The summed E-state index contributed by atoms with van der Waals surface area (Å²) in [5.41, 5.74) is 0. The Kier molecular flexibility index (Phi) is 6.99. The van der Waals surface area contributed by atoms with Crippen LogP contribution in [0, 0.1) is 5.92 Å². The summed E-state index contributed by atoms with van der Waals surface area (Å²) in [6.07, 6.45) is 9.35. The van der Waals surface area contributed by atoms with Crippen molar-refractivity contribution in [3.05, 3.63) is 0 Å². The lowest BCUT2D eigenvalue weighted by molar-refractivity contribution is -0.162. The molecule has 0 aliphatic carbocycles. The van der Waals surface area contributed by atoms with Gasteiger partial charge in [0.1, 0.15) is 18.3 Å². The van der Waals surface area contributed by atoms with E-state index in [2.05, 4.69) is 6.92 Å². The van der Waals surface area contributed by atoms with Crippen LogP contribution in [0.4, 0.5) is 0 Å². The van der Waals surface area contributed by atoms with Crippen LogP contribution in [0.15, 0.2) is 0 Å². The van der Waals surface area contributed by atoms with E-state index in [1.165, 1.54) is 38.5 Å². The first-order valence-electron chi connectivity index (χ1n) is 7.37. The lowest BCUT2D eigenvalue weighted by Crippen LogP contribution is -2.37. The van der Waals surface area contributed by atoms with Crippen LogP contribution in [0.3, 0.4) is 0 Å². The summed E-state index contributed by atoms with van der Waals surface area (Å²) in [6, 6.07) is 0. The molecule has 0 aromatic rings. The maximum atomic E-state index is 11.5. The number of ketones is 1. The zero-order valence-electron chi connectivity index (χ0n) is 11.7. The second-order valence-corrected chi connectivity index (χ2v) is 5.37. The van der Waals surface area contributed by atoms with Gasteiger partial charge in [0.25, 0.3) is 0 Å². The summed E-state index contributed by atoms with van der Waals surface area (Å²) in [7, 11) is 0. The van der Waals surface area contributed by atoms with Crippen LogP contribution >= 0.6 is 0 Å². The number of hydrogen-bond donors (Lipinski definition) is 0. The molecule has 18 heavy (non-hydrogen) atoms. The van der Waals surface area contributed by atoms with Crippen LogP contribution in [0.2, 0.25) is 0 Å². The number of hydrogen-bond acceptors (Lipinski definition) is 3. The minimum Gasteiger partial charge on any atom is -0.461 e. The van der Waals surface area contributed by atoms with Gasteiger partial charge in [-0.15, -0.1) is 0 Å². The number of ether oxygens (including phenoxy) is 1. The van der Waals surface area contributed by atoms with Gasteiger partial charge in [0.05, 0.1) is 5.92 Å². The Labute approximate surface area is 110 Å². The van der Waals surface area contributed by atoms with Crippen molar-refractivity contribution in [1.82, 2.24) is 0 Å². The minimum absolute atomic E-state index is 0.0331. The first-order valence-corrected chi connectivity index (χ1v) is 7.37. The number of rotatable bonds is 8. The molecule has 0 saturated carbocycles. The number of Topliss-reactive ketones (excluding diaryl/α,β-unsaturated/α-hetero) is 1. The summed E-state index contributed by atoms with van der Waals surface area (Å²) in [4.78, 5) is 22.7. The van der Waals surface area contributed by atoms with Crippen molar-refractivity contribution in [3.8, 4) is 0 Å². The van der Waals surface area contributed by atoms with Crippen molar-refractivity contribution >= 4 is 11.8 Å². The first-order chi connectivity index (χ1) is 8.65. The number of cyclic esters (lactones) is 1. The van der Waals surface area contributed by atoms with Crippen molar-refractivity contribution in [2.24, 2.45) is 5.92 Å². The molecule has 0 spiro atoms. The highest BCUT2D eigenvalue weighted by Gasteiger charge is 2.33. The Morgan fingerprint density at radius 1 is 1.06 bits per heavy atom. The zero-order valence-corrected chi connectivity index (χ0v) is 11.7. The fourth-order valence-electron chi connectivity index (χ4n) is 2.43. The molecule has 0 N–H and O–H groups in total. The van der Waals surface area contributed by atoms with Gasteiger partial charge < -0.3 is 4.74 Å². The van der Waals surface area contributed by atoms with E-state index in [4.69, 9.17) is 4.74 Å². The number of unbranched alkanes of at least 4 members (excludes halogenated alkanes) is 6. The van der Waals surface area contributed by atoms with Gasteiger partial charge in [0.2, 0.25) is 0 Å². The normalized spacial score (nSPS) is 24.1. The summed E-state index contributed by atoms with van der Waals surface area (Å²) < 4.78 is 5.25. The van der Waals surface area contributed by atoms with Crippen molar-refractivity contribution in [2.75, 3.05) is 0 Å². The predicted molar refractivity (Wildman–Crippen MR) is 71.3 cm³/mol. The number of esters is 1. The average molecular weight is 254 g/mol. The second-order valence-electron chi connectivity index (χ2n) is 5.37. The van der Waals surface area contributed by atoms with E-state index >= 15 is 0 Å². The fourth-order valence-corrected chi connectivity index (χ4v) is 2.43. The van der Waals surface area contributed by atoms with Gasteiger partial charge >= 0.3 is 5.97 Å². The number of carbonyl (C=O) groups is 2. The van der Waals surface area contributed by atoms with Gasteiger partial charge in [-0.2, -0.15) is 0 Å². The van der Waals surface area contributed by atoms with E-state index in [9.17, 15) is 9.59 Å². The minimum atomic E-state index is -0.342.